The highest BCUT2D eigenvalue weighted by molar-refractivity contribution is 7.12. The highest BCUT2D eigenvalue weighted by Gasteiger charge is 2.36. The van der Waals surface area contributed by atoms with Crippen molar-refractivity contribution >= 4 is 23.0 Å². The minimum absolute atomic E-state index is 0.127. The summed E-state index contributed by atoms with van der Waals surface area (Å²) >= 11 is 1.40. The topological polar surface area (TPSA) is 59.0 Å². The Balaban J connectivity index is 1.71. The van der Waals surface area contributed by atoms with Crippen LogP contribution in [0.3, 0.4) is 0 Å². The van der Waals surface area contributed by atoms with Gasteiger partial charge in [-0.2, -0.15) is 5.10 Å². The van der Waals surface area contributed by atoms with Crippen molar-refractivity contribution in [2.45, 2.75) is 12.5 Å². The average Bonchev–Trinajstić information content (AvgIpc) is 3.35. The number of carbonyl (C=O) groups is 1. The molecule has 4 rings (SSSR count). The van der Waals surface area contributed by atoms with E-state index in [2.05, 4.69) is 5.10 Å². The second-order valence-electron chi connectivity index (χ2n) is 4.89. The van der Waals surface area contributed by atoms with E-state index in [9.17, 15) is 4.79 Å². The van der Waals surface area contributed by atoms with Crippen molar-refractivity contribution in [1.82, 2.24) is 5.01 Å². The molecule has 6 heteroatoms. The largest absolute Gasteiger partial charge is 0.467 e. The number of nitrogens with zero attached hydrogens (tertiary/aromatic N) is 2. The van der Waals surface area contributed by atoms with E-state index < -0.39 is 0 Å². The van der Waals surface area contributed by atoms with Crippen LogP contribution in [0, 0.1) is 0 Å². The van der Waals surface area contributed by atoms with E-state index in [0.717, 1.165) is 11.5 Å². The van der Waals surface area contributed by atoms with Crippen molar-refractivity contribution in [3.05, 3.63) is 70.7 Å². The van der Waals surface area contributed by atoms with E-state index in [1.54, 1.807) is 18.6 Å². The first kappa shape index (κ1) is 13.1. The average molecular weight is 312 g/mol. The standard InChI is InChI=1S/C16H12N2O3S/c19-16(15-6-3-9-22-15)18-12(14-5-2-8-21-14)10-11(17-18)13-4-1-7-20-13/h1-9,12H,10H2. The van der Waals surface area contributed by atoms with Crippen molar-refractivity contribution in [1.29, 1.82) is 0 Å². The second kappa shape index (κ2) is 5.31. The summed E-state index contributed by atoms with van der Waals surface area (Å²) in [7, 11) is 0. The molecule has 1 amide bonds. The zero-order valence-corrected chi connectivity index (χ0v) is 12.3. The second-order valence-corrected chi connectivity index (χ2v) is 5.83. The molecule has 4 heterocycles. The number of hydrogen-bond donors (Lipinski definition) is 0. The fourth-order valence-electron chi connectivity index (χ4n) is 2.50. The number of hydrogen-bond acceptors (Lipinski definition) is 5. The Labute approximate surface area is 130 Å². The fourth-order valence-corrected chi connectivity index (χ4v) is 3.16. The maximum absolute atomic E-state index is 12.7. The molecule has 0 aromatic carbocycles. The van der Waals surface area contributed by atoms with Crippen molar-refractivity contribution in [3.8, 4) is 0 Å². The van der Waals surface area contributed by atoms with Gasteiger partial charge in [0.25, 0.3) is 5.91 Å². The lowest BCUT2D eigenvalue weighted by Gasteiger charge is -2.18. The van der Waals surface area contributed by atoms with E-state index >= 15 is 0 Å². The van der Waals surface area contributed by atoms with Gasteiger partial charge in [-0.15, -0.1) is 11.3 Å². The van der Waals surface area contributed by atoms with E-state index in [4.69, 9.17) is 8.83 Å². The lowest BCUT2D eigenvalue weighted by atomic mass is 10.1. The molecule has 0 fully saturated rings. The normalized spacial score (nSPS) is 17.7. The summed E-state index contributed by atoms with van der Waals surface area (Å²) in [5.74, 6) is 1.27. The van der Waals surface area contributed by atoms with Crippen LogP contribution in [-0.4, -0.2) is 16.6 Å². The maximum Gasteiger partial charge on any atom is 0.284 e. The molecule has 110 valence electrons. The van der Waals surface area contributed by atoms with E-state index in [1.807, 2.05) is 35.7 Å². The Bertz CT molecular complexity index is 789. The Morgan fingerprint density at radius 2 is 2.05 bits per heavy atom. The van der Waals surface area contributed by atoms with Crippen molar-refractivity contribution in [3.63, 3.8) is 0 Å². The maximum atomic E-state index is 12.7. The molecule has 0 aliphatic carbocycles. The summed E-state index contributed by atoms with van der Waals surface area (Å²) in [6.45, 7) is 0. The third-order valence-corrected chi connectivity index (χ3v) is 4.39. The molecule has 1 aliphatic heterocycles. The van der Waals surface area contributed by atoms with Gasteiger partial charge >= 0.3 is 0 Å². The number of thiophene rings is 1. The van der Waals surface area contributed by atoms with Crippen molar-refractivity contribution in [2.75, 3.05) is 0 Å². The van der Waals surface area contributed by atoms with Gasteiger partial charge in [0, 0.05) is 6.42 Å². The number of rotatable bonds is 3. The summed E-state index contributed by atoms with van der Waals surface area (Å²) in [6, 6.07) is 10.7. The molecule has 1 unspecified atom stereocenters. The Kier molecular flexibility index (Phi) is 3.16. The third-order valence-electron chi connectivity index (χ3n) is 3.53. The van der Waals surface area contributed by atoms with Gasteiger partial charge in [-0.3, -0.25) is 4.79 Å². The Morgan fingerprint density at radius 1 is 1.18 bits per heavy atom. The minimum atomic E-state index is -0.246. The highest BCUT2D eigenvalue weighted by Crippen LogP contribution is 2.34. The van der Waals surface area contributed by atoms with Gasteiger partial charge in [-0.05, 0) is 35.7 Å². The van der Waals surface area contributed by atoms with Crippen LogP contribution >= 0.6 is 11.3 Å². The van der Waals surface area contributed by atoms with Gasteiger partial charge in [0.2, 0.25) is 0 Å². The van der Waals surface area contributed by atoms with Crippen LogP contribution in [0.2, 0.25) is 0 Å². The van der Waals surface area contributed by atoms with Crippen LogP contribution in [0.4, 0.5) is 0 Å². The first-order valence-electron chi connectivity index (χ1n) is 6.85. The van der Waals surface area contributed by atoms with Gasteiger partial charge in [-0.1, -0.05) is 6.07 Å². The molecule has 5 nitrogen and oxygen atoms in total. The van der Waals surface area contributed by atoms with E-state index in [-0.39, 0.29) is 11.9 Å². The molecule has 1 aliphatic rings. The van der Waals surface area contributed by atoms with Crippen LogP contribution in [0.25, 0.3) is 0 Å². The number of hydrazone groups is 1. The van der Waals surface area contributed by atoms with Gasteiger partial charge in [-0.25, -0.2) is 5.01 Å². The van der Waals surface area contributed by atoms with Gasteiger partial charge in [0.1, 0.15) is 23.3 Å². The van der Waals surface area contributed by atoms with Crippen LogP contribution in [0.1, 0.15) is 33.7 Å². The van der Waals surface area contributed by atoms with E-state index in [0.29, 0.717) is 17.1 Å². The molecule has 0 radical (unpaired) electrons. The summed E-state index contributed by atoms with van der Waals surface area (Å²) in [4.78, 5) is 13.3. The first-order chi connectivity index (χ1) is 10.8. The Hall–Kier alpha value is -2.60. The molecular weight excluding hydrogens is 300 g/mol. The number of furan rings is 2. The van der Waals surface area contributed by atoms with Gasteiger partial charge in [0.05, 0.1) is 17.4 Å². The summed E-state index contributed by atoms with van der Waals surface area (Å²) in [6.07, 6.45) is 3.77. The molecule has 0 spiro atoms. The molecule has 22 heavy (non-hydrogen) atoms. The summed E-state index contributed by atoms with van der Waals surface area (Å²) in [5, 5.41) is 7.84. The van der Waals surface area contributed by atoms with Crippen LogP contribution in [0.15, 0.2) is 68.2 Å². The Morgan fingerprint density at radius 3 is 2.73 bits per heavy atom. The zero-order valence-electron chi connectivity index (χ0n) is 11.5. The van der Waals surface area contributed by atoms with Gasteiger partial charge in [0.15, 0.2) is 0 Å². The predicted octanol–water partition coefficient (Wildman–Crippen LogP) is 3.93. The van der Waals surface area contributed by atoms with Crippen LogP contribution in [0.5, 0.6) is 0 Å². The first-order valence-corrected chi connectivity index (χ1v) is 7.73. The zero-order chi connectivity index (χ0) is 14.9. The molecule has 0 saturated carbocycles. The molecule has 0 bridgehead atoms. The lowest BCUT2D eigenvalue weighted by molar-refractivity contribution is 0.0698. The van der Waals surface area contributed by atoms with Crippen molar-refractivity contribution in [2.24, 2.45) is 5.10 Å². The smallest absolute Gasteiger partial charge is 0.284 e. The van der Waals surface area contributed by atoms with Crippen LogP contribution < -0.4 is 0 Å². The quantitative estimate of drug-likeness (QED) is 0.736. The lowest BCUT2D eigenvalue weighted by Crippen LogP contribution is -2.26. The predicted molar refractivity (Wildman–Crippen MR) is 81.8 cm³/mol. The molecule has 3 aromatic heterocycles. The molecule has 3 aromatic rings. The van der Waals surface area contributed by atoms with Crippen molar-refractivity contribution < 1.29 is 13.6 Å². The molecular formula is C16H12N2O3S. The molecule has 0 saturated heterocycles. The van der Waals surface area contributed by atoms with Gasteiger partial charge < -0.3 is 8.83 Å². The SMILES string of the molecule is O=C(c1cccs1)N1N=C(c2ccco2)CC1c1ccco1. The summed E-state index contributed by atoms with van der Waals surface area (Å²) < 4.78 is 10.9. The number of amides is 1. The monoisotopic (exact) mass is 312 g/mol. The highest BCUT2D eigenvalue weighted by atomic mass is 32.1. The third kappa shape index (κ3) is 2.17. The minimum Gasteiger partial charge on any atom is -0.467 e. The number of carbonyl (C=O) groups excluding carboxylic acids is 1. The van der Waals surface area contributed by atoms with Crippen LogP contribution in [-0.2, 0) is 0 Å². The molecule has 1 atom stereocenters. The summed E-state index contributed by atoms with van der Waals surface area (Å²) in [5.41, 5.74) is 0.747. The molecule has 0 N–H and O–H groups in total. The van der Waals surface area contributed by atoms with E-state index in [1.165, 1.54) is 16.3 Å². The fraction of sp³-hybridized carbons (Fsp3) is 0.125.